The SMILES string of the molecule is O=C(O)CN(CCN(COP(O)O)CC(=O)O)COP(O)O. The Morgan fingerprint density at radius 1 is 0.773 bits per heavy atom. The minimum Gasteiger partial charge on any atom is -0.480 e. The maximum absolute atomic E-state index is 10.7. The molecule has 0 aliphatic carbocycles. The zero-order valence-corrected chi connectivity index (χ0v) is 13.1. The fourth-order valence-electron chi connectivity index (χ4n) is 1.31. The Morgan fingerprint density at radius 2 is 1.09 bits per heavy atom. The first-order valence-electron chi connectivity index (χ1n) is 5.70. The number of carbonyl (C=O) groups is 2. The summed E-state index contributed by atoms with van der Waals surface area (Å²) in [7, 11) is -5.29. The molecule has 12 nitrogen and oxygen atoms in total. The van der Waals surface area contributed by atoms with Crippen LogP contribution in [0.3, 0.4) is 0 Å². The zero-order valence-electron chi connectivity index (χ0n) is 11.3. The Bertz CT molecular complexity index is 313. The summed E-state index contributed by atoms with van der Waals surface area (Å²) in [5.74, 6) is -2.36. The minimum absolute atomic E-state index is 0.0148. The molecule has 0 spiro atoms. The summed E-state index contributed by atoms with van der Waals surface area (Å²) in [6.07, 6.45) is 0. The van der Waals surface area contributed by atoms with Crippen molar-refractivity contribution in [2.75, 3.05) is 39.6 Å². The van der Waals surface area contributed by atoms with Crippen molar-refractivity contribution >= 4 is 29.1 Å². The molecule has 0 saturated heterocycles. The molecule has 0 atom stereocenters. The predicted molar refractivity (Wildman–Crippen MR) is 73.0 cm³/mol. The molecule has 0 aliphatic heterocycles. The molecule has 0 fully saturated rings. The lowest BCUT2D eigenvalue weighted by molar-refractivity contribution is -0.141. The first-order chi connectivity index (χ1) is 10.2. The highest BCUT2D eigenvalue weighted by molar-refractivity contribution is 7.39. The molecule has 0 aromatic rings. The van der Waals surface area contributed by atoms with Gasteiger partial charge < -0.3 is 29.8 Å². The Hall–Kier alpha value is -0.520. The number of nitrogens with zero attached hydrogens (tertiary/aromatic N) is 2. The summed E-state index contributed by atoms with van der Waals surface area (Å²) < 4.78 is 9.02. The van der Waals surface area contributed by atoms with Crippen LogP contribution in [0.1, 0.15) is 0 Å². The fraction of sp³-hybridized carbons (Fsp3) is 0.750. The van der Waals surface area contributed by atoms with Gasteiger partial charge in [0, 0.05) is 13.1 Å². The maximum Gasteiger partial charge on any atom is 0.328 e. The molecule has 14 heteroatoms. The number of aliphatic carboxylic acids is 2. The van der Waals surface area contributed by atoms with Crippen molar-refractivity contribution in [3.8, 4) is 0 Å². The van der Waals surface area contributed by atoms with Crippen LogP contribution in [0.4, 0.5) is 0 Å². The normalized spacial score (nSPS) is 11.8. The molecule has 0 heterocycles. The van der Waals surface area contributed by atoms with Crippen LogP contribution >= 0.6 is 17.2 Å². The Labute approximate surface area is 128 Å². The maximum atomic E-state index is 10.7. The number of hydrogen-bond donors (Lipinski definition) is 6. The lowest BCUT2D eigenvalue weighted by Gasteiger charge is -2.25. The summed E-state index contributed by atoms with van der Waals surface area (Å²) >= 11 is 0. The van der Waals surface area contributed by atoms with E-state index in [1.807, 2.05) is 0 Å². The highest BCUT2D eigenvalue weighted by Gasteiger charge is 2.16. The molecular weight excluding hydrogens is 346 g/mol. The van der Waals surface area contributed by atoms with Crippen LogP contribution in [0.5, 0.6) is 0 Å². The molecule has 0 saturated carbocycles. The molecule has 0 aliphatic rings. The summed E-state index contributed by atoms with van der Waals surface area (Å²) in [6.45, 7) is -1.64. The third kappa shape index (κ3) is 13.2. The molecule has 22 heavy (non-hydrogen) atoms. The van der Waals surface area contributed by atoms with Gasteiger partial charge in [0.25, 0.3) is 0 Å². The van der Waals surface area contributed by atoms with Gasteiger partial charge in [-0.25, -0.2) is 0 Å². The van der Waals surface area contributed by atoms with Gasteiger partial charge in [-0.15, -0.1) is 0 Å². The average molecular weight is 364 g/mol. The van der Waals surface area contributed by atoms with E-state index in [4.69, 9.17) is 29.8 Å². The van der Waals surface area contributed by atoms with Gasteiger partial charge in [-0.3, -0.25) is 28.4 Å². The van der Waals surface area contributed by atoms with Crippen LogP contribution in [0.15, 0.2) is 0 Å². The van der Waals surface area contributed by atoms with E-state index >= 15 is 0 Å². The van der Waals surface area contributed by atoms with Gasteiger partial charge in [0.1, 0.15) is 13.5 Å². The van der Waals surface area contributed by atoms with E-state index in [0.717, 1.165) is 0 Å². The topological polar surface area (TPSA) is 180 Å². The van der Waals surface area contributed by atoms with E-state index in [1.165, 1.54) is 9.80 Å². The van der Waals surface area contributed by atoms with Crippen LogP contribution in [-0.2, 0) is 18.6 Å². The molecule has 0 aromatic carbocycles. The Morgan fingerprint density at radius 3 is 1.32 bits per heavy atom. The van der Waals surface area contributed by atoms with Crippen molar-refractivity contribution in [2.24, 2.45) is 0 Å². The van der Waals surface area contributed by atoms with Crippen molar-refractivity contribution in [3.05, 3.63) is 0 Å². The van der Waals surface area contributed by atoms with Gasteiger partial charge in [0.15, 0.2) is 0 Å². The summed E-state index contributed by atoms with van der Waals surface area (Å²) in [6, 6.07) is 0. The Kier molecular flexibility index (Phi) is 11.7. The van der Waals surface area contributed by atoms with Gasteiger partial charge in [0.2, 0.25) is 0 Å². The molecule has 6 N–H and O–H groups in total. The zero-order chi connectivity index (χ0) is 17.1. The van der Waals surface area contributed by atoms with Gasteiger partial charge >= 0.3 is 29.1 Å². The number of rotatable bonds is 13. The van der Waals surface area contributed by atoms with Gasteiger partial charge in [0.05, 0.1) is 13.1 Å². The van der Waals surface area contributed by atoms with Crippen molar-refractivity contribution in [2.45, 2.75) is 0 Å². The summed E-state index contributed by atoms with van der Waals surface area (Å²) in [4.78, 5) is 58.3. The smallest absolute Gasteiger partial charge is 0.328 e. The van der Waals surface area contributed by atoms with E-state index in [-0.39, 0.29) is 26.6 Å². The molecule has 0 unspecified atom stereocenters. The quantitative estimate of drug-likeness (QED) is 0.158. The van der Waals surface area contributed by atoms with Crippen molar-refractivity contribution in [1.29, 1.82) is 0 Å². The van der Waals surface area contributed by atoms with Crippen LogP contribution in [0, 0.1) is 0 Å². The summed E-state index contributed by atoms with van der Waals surface area (Å²) in [5.41, 5.74) is 0. The number of carboxylic acids is 2. The molecule has 130 valence electrons. The largest absolute Gasteiger partial charge is 0.480 e. The van der Waals surface area contributed by atoms with E-state index in [2.05, 4.69) is 9.05 Å². The third-order valence-corrected chi connectivity index (χ3v) is 2.85. The molecule has 0 aromatic heterocycles. The second-order valence-electron chi connectivity index (χ2n) is 3.91. The highest BCUT2D eigenvalue weighted by atomic mass is 31.2. The van der Waals surface area contributed by atoms with Crippen molar-refractivity contribution in [1.82, 2.24) is 9.80 Å². The molecule has 0 amide bonds. The standard InChI is InChI=1S/C8H18N2O10P2/c11-7(12)3-9(5-19-21(15)16)1-2-10(4-8(13)14)6-20-22(17)18/h15-18H,1-6H2,(H,11,12)(H,13,14). The molecule has 0 radical (unpaired) electrons. The van der Waals surface area contributed by atoms with Crippen LogP contribution in [-0.4, -0.2) is 91.2 Å². The second kappa shape index (κ2) is 12.0. The van der Waals surface area contributed by atoms with Crippen molar-refractivity contribution < 1.29 is 48.4 Å². The lowest BCUT2D eigenvalue weighted by atomic mass is 10.4. The predicted octanol–water partition coefficient (Wildman–Crippen LogP) is -1.87. The van der Waals surface area contributed by atoms with E-state index in [9.17, 15) is 9.59 Å². The second-order valence-corrected chi connectivity index (χ2v) is 5.44. The number of hydrogen-bond acceptors (Lipinski definition) is 10. The van der Waals surface area contributed by atoms with Gasteiger partial charge in [-0.1, -0.05) is 0 Å². The van der Waals surface area contributed by atoms with Crippen molar-refractivity contribution in [3.63, 3.8) is 0 Å². The fourth-order valence-corrected chi connectivity index (χ4v) is 1.84. The van der Waals surface area contributed by atoms with E-state index in [1.54, 1.807) is 0 Å². The first-order valence-corrected chi connectivity index (χ1v) is 8.03. The highest BCUT2D eigenvalue weighted by Crippen LogP contribution is 2.25. The van der Waals surface area contributed by atoms with Gasteiger partial charge in [-0.2, -0.15) is 0 Å². The molecule has 0 rings (SSSR count). The van der Waals surface area contributed by atoms with Crippen LogP contribution < -0.4 is 0 Å². The van der Waals surface area contributed by atoms with E-state index in [0.29, 0.717) is 0 Å². The monoisotopic (exact) mass is 364 g/mol. The van der Waals surface area contributed by atoms with Gasteiger partial charge in [-0.05, 0) is 0 Å². The molecule has 0 bridgehead atoms. The Balaban J connectivity index is 4.43. The lowest BCUT2D eigenvalue weighted by Crippen LogP contribution is -2.41. The average Bonchev–Trinajstić information content (AvgIpc) is 2.37. The summed E-state index contributed by atoms with van der Waals surface area (Å²) in [5, 5.41) is 17.4. The van der Waals surface area contributed by atoms with Crippen LogP contribution in [0.25, 0.3) is 0 Å². The first kappa shape index (κ1) is 21.5. The minimum atomic E-state index is -2.64. The third-order valence-electron chi connectivity index (χ3n) is 2.16. The molecular formula is C8H18N2O10P2. The van der Waals surface area contributed by atoms with E-state index < -0.39 is 42.2 Å². The van der Waals surface area contributed by atoms with Crippen LogP contribution in [0.2, 0.25) is 0 Å². The number of carboxylic acid groups (broad SMARTS) is 2.